The third-order valence-electron chi connectivity index (χ3n) is 5.70. The van der Waals surface area contributed by atoms with E-state index >= 15 is 0 Å². The minimum atomic E-state index is -4.04. The third kappa shape index (κ3) is 6.64. The summed E-state index contributed by atoms with van der Waals surface area (Å²) in [4.78, 5) is 27.6. The summed E-state index contributed by atoms with van der Waals surface area (Å²) in [7, 11) is -4.04. The van der Waals surface area contributed by atoms with Crippen LogP contribution in [0, 0.1) is 11.7 Å². The molecule has 8 nitrogen and oxygen atoms in total. The van der Waals surface area contributed by atoms with Gasteiger partial charge in [-0.05, 0) is 55.2 Å². The highest BCUT2D eigenvalue weighted by Gasteiger charge is 2.35. The fraction of sp³-hybridized carbons (Fsp3) is 0.478. The van der Waals surface area contributed by atoms with Crippen LogP contribution in [0.3, 0.4) is 0 Å². The van der Waals surface area contributed by atoms with E-state index in [0.717, 1.165) is 49.9 Å². The molecule has 33 heavy (non-hydrogen) atoms. The number of rotatable bonds is 10. The molecule has 1 aliphatic carbocycles. The first-order valence-electron chi connectivity index (χ1n) is 11.0. The van der Waals surface area contributed by atoms with Gasteiger partial charge in [0.25, 0.3) is 0 Å². The Balaban J connectivity index is 1.78. The van der Waals surface area contributed by atoms with E-state index in [1.165, 1.54) is 11.2 Å². The van der Waals surface area contributed by atoms with E-state index in [1.54, 1.807) is 12.1 Å². The first-order chi connectivity index (χ1) is 15.7. The highest BCUT2D eigenvalue weighted by molar-refractivity contribution is 7.89. The van der Waals surface area contributed by atoms with Crippen LogP contribution in [0.4, 0.5) is 4.39 Å². The van der Waals surface area contributed by atoms with Crippen molar-refractivity contribution < 1.29 is 26.8 Å². The van der Waals surface area contributed by atoms with E-state index in [1.807, 2.05) is 13.8 Å². The van der Waals surface area contributed by atoms with Gasteiger partial charge in [-0.3, -0.25) is 9.59 Å². The van der Waals surface area contributed by atoms with Gasteiger partial charge in [0.05, 0.1) is 24.2 Å². The lowest BCUT2D eigenvalue weighted by atomic mass is 10.00. The molecule has 10 heteroatoms. The Morgan fingerprint density at radius 3 is 2.39 bits per heavy atom. The highest BCUT2D eigenvalue weighted by atomic mass is 32.2. The molecule has 1 heterocycles. The monoisotopic (exact) mass is 479 g/mol. The van der Waals surface area contributed by atoms with E-state index in [4.69, 9.17) is 4.42 Å². The molecule has 0 bridgehead atoms. The minimum absolute atomic E-state index is 0.0189. The van der Waals surface area contributed by atoms with Gasteiger partial charge in [-0.25, -0.2) is 17.5 Å². The maximum atomic E-state index is 13.2. The second-order valence-electron chi connectivity index (χ2n) is 8.56. The van der Waals surface area contributed by atoms with Gasteiger partial charge in [-0.15, -0.1) is 0 Å². The van der Waals surface area contributed by atoms with Crippen molar-refractivity contribution in [3.8, 4) is 0 Å². The Bertz CT molecular complexity index is 1030. The van der Waals surface area contributed by atoms with Gasteiger partial charge in [0, 0.05) is 6.04 Å². The van der Waals surface area contributed by atoms with Crippen molar-refractivity contribution in [3.05, 3.63) is 54.2 Å². The van der Waals surface area contributed by atoms with Crippen LogP contribution in [-0.4, -0.2) is 43.8 Å². The van der Waals surface area contributed by atoms with E-state index < -0.39 is 34.3 Å². The molecule has 1 fully saturated rings. The van der Waals surface area contributed by atoms with Crippen molar-refractivity contribution >= 4 is 21.8 Å². The number of carbonyl (C=O) groups is 2. The Morgan fingerprint density at radius 2 is 1.82 bits per heavy atom. The molecule has 0 saturated heterocycles. The summed E-state index contributed by atoms with van der Waals surface area (Å²) < 4.78 is 45.9. The minimum Gasteiger partial charge on any atom is -0.467 e. The Labute approximate surface area is 193 Å². The number of sulfonamides is 1. The van der Waals surface area contributed by atoms with Gasteiger partial charge in [-0.1, -0.05) is 26.7 Å². The maximum absolute atomic E-state index is 13.2. The molecular formula is C23H30FN3O5S. The lowest BCUT2D eigenvalue weighted by Gasteiger charge is -2.34. The molecule has 0 aliphatic heterocycles. The number of furan rings is 1. The van der Waals surface area contributed by atoms with Crippen LogP contribution in [0.1, 0.15) is 45.3 Å². The van der Waals surface area contributed by atoms with Crippen LogP contribution in [0.15, 0.2) is 52.0 Å². The number of hydrogen-bond acceptors (Lipinski definition) is 5. The third-order valence-corrected chi connectivity index (χ3v) is 7.12. The first kappa shape index (κ1) is 24.9. The van der Waals surface area contributed by atoms with Gasteiger partial charge in [0.15, 0.2) is 0 Å². The maximum Gasteiger partial charge on any atom is 0.243 e. The summed E-state index contributed by atoms with van der Waals surface area (Å²) in [6, 6.07) is 6.94. The summed E-state index contributed by atoms with van der Waals surface area (Å²) in [5, 5.41) is 3.04. The van der Waals surface area contributed by atoms with Crippen molar-refractivity contribution in [1.82, 2.24) is 14.9 Å². The second kappa shape index (κ2) is 10.9. The molecule has 1 aliphatic rings. The normalized spacial score (nSPS) is 15.5. The molecule has 1 atom stereocenters. The fourth-order valence-electron chi connectivity index (χ4n) is 4.03. The van der Waals surface area contributed by atoms with Crippen LogP contribution in [0.2, 0.25) is 0 Å². The predicted octanol–water partition coefficient (Wildman–Crippen LogP) is 2.81. The van der Waals surface area contributed by atoms with Gasteiger partial charge >= 0.3 is 0 Å². The zero-order valence-corrected chi connectivity index (χ0v) is 19.6. The average Bonchev–Trinajstić information content (AvgIpc) is 3.46. The van der Waals surface area contributed by atoms with Crippen molar-refractivity contribution in [3.63, 3.8) is 0 Å². The molecule has 1 aromatic carbocycles. The molecule has 0 spiro atoms. The van der Waals surface area contributed by atoms with Crippen molar-refractivity contribution in [2.24, 2.45) is 5.92 Å². The quantitative estimate of drug-likeness (QED) is 0.545. The molecule has 3 rings (SSSR count). The van der Waals surface area contributed by atoms with Crippen molar-refractivity contribution in [1.29, 1.82) is 0 Å². The van der Waals surface area contributed by atoms with E-state index in [0.29, 0.717) is 5.76 Å². The Kier molecular flexibility index (Phi) is 8.25. The lowest BCUT2D eigenvalue weighted by molar-refractivity contribution is -0.142. The number of hydrogen-bond donors (Lipinski definition) is 2. The molecule has 0 radical (unpaired) electrons. The van der Waals surface area contributed by atoms with E-state index in [-0.39, 0.29) is 29.3 Å². The molecule has 2 amide bonds. The highest BCUT2D eigenvalue weighted by Crippen LogP contribution is 2.21. The molecule has 1 aromatic heterocycles. The number of amides is 2. The van der Waals surface area contributed by atoms with Crippen molar-refractivity contribution in [2.75, 3.05) is 6.54 Å². The number of halogens is 1. The van der Waals surface area contributed by atoms with E-state index in [9.17, 15) is 22.4 Å². The number of nitrogens with one attached hydrogen (secondary N) is 2. The molecule has 1 saturated carbocycles. The van der Waals surface area contributed by atoms with Crippen LogP contribution in [0.25, 0.3) is 0 Å². The lowest BCUT2D eigenvalue weighted by Crippen LogP contribution is -2.55. The summed E-state index contributed by atoms with van der Waals surface area (Å²) >= 11 is 0. The predicted molar refractivity (Wildman–Crippen MR) is 120 cm³/mol. The van der Waals surface area contributed by atoms with Crippen LogP contribution < -0.4 is 10.0 Å². The van der Waals surface area contributed by atoms with Gasteiger partial charge in [0.2, 0.25) is 21.8 Å². The van der Waals surface area contributed by atoms with Gasteiger partial charge in [-0.2, -0.15) is 0 Å². The standard InChI is InChI=1S/C23H30FN3O5S/c1-16(2)22(23(29)26-18-6-3-4-7-18)27(15-19-8-5-13-32-19)21(28)14-25-33(30,31)20-11-9-17(24)10-12-20/h5,8-13,16,18,22,25H,3-4,6-7,14-15H2,1-2H3,(H,26,29). The van der Waals surface area contributed by atoms with Crippen LogP contribution >= 0.6 is 0 Å². The first-order valence-corrected chi connectivity index (χ1v) is 12.5. The zero-order chi connectivity index (χ0) is 24.0. The van der Waals surface area contributed by atoms with Gasteiger partial charge in [0.1, 0.15) is 17.6 Å². The molecular weight excluding hydrogens is 449 g/mol. The smallest absolute Gasteiger partial charge is 0.243 e. The second-order valence-corrected chi connectivity index (χ2v) is 10.3. The average molecular weight is 480 g/mol. The number of benzene rings is 1. The summed E-state index contributed by atoms with van der Waals surface area (Å²) in [5.74, 6) is -1.15. The largest absolute Gasteiger partial charge is 0.467 e. The molecule has 1 unspecified atom stereocenters. The van der Waals surface area contributed by atoms with Crippen molar-refractivity contribution in [2.45, 2.75) is 63.1 Å². The molecule has 2 aromatic rings. The SMILES string of the molecule is CC(C)C(C(=O)NC1CCCC1)N(Cc1ccco1)C(=O)CNS(=O)(=O)c1ccc(F)cc1. The summed E-state index contributed by atoms with van der Waals surface area (Å²) in [5.41, 5.74) is 0. The zero-order valence-electron chi connectivity index (χ0n) is 18.8. The molecule has 180 valence electrons. The summed E-state index contributed by atoms with van der Waals surface area (Å²) in [6.45, 7) is 3.14. The topological polar surface area (TPSA) is 109 Å². The van der Waals surface area contributed by atoms with Crippen LogP contribution in [-0.2, 0) is 26.2 Å². The summed E-state index contributed by atoms with van der Waals surface area (Å²) in [6.07, 6.45) is 5.38. The van der Waals surface area contributed by atoms with Gasteiger partial charge < -0.3 is 14.6 Å². The Morgan fingerprint density at radius 1 is 1.15 bits per heavy atom. The van der Waals surface area contributed by atoms with E-state index in [2.05, 4.69) is 10.0 Å². The Hall–Kier alpha value is -2.72. The number of carbonyl (C=O) groups excluding carboxylic acids is 2. The fourth-order valence-corrected chi connectivity index (χ4v) is 5.00. The number of nitrogens with zero attached hydrogens (tertiary/aromatic N) is 1. The van der Waals surface area contributed by atoms with Crippen LogP contribution in [0.5, 0.6) is 0 Å². The molecule has 2 N–H and O–H groups in total.